The van der Waals surface area contributed by atoms with Crippen molar-refractivity contribution in [2.45, 2.75) is 45.6 Å². The molecule has 2 aromatic heterocycles. The van der Waals surface area contributed by atoms with Crippen LogP contribution in [0.3, 0.4) is 0 Å². The predicted molar refractivity (Wildman–Crippen MR) is 180 cm³/mol. The molecule has 49 heavy (non-hydrogen) atoms. The van der Waals surface area contributed by atoms with Crippen LogP contribution >= 0.6 is 0 Å². The lowest BCUT2D eigenvalue weighted by molar-refractivity contribution is -0.0494. The molecule has 2 aliphatic rings. The third-order valence-corrected chi connectivity index (χ3v) is 9.20. The molecule has 13 heteroatoms. The summed E-state index contributed by atoms with van der Waals surface area (Å²) in [5.74, 6) is 0.792. The lowest BCUT2D eigenvalue weighted by Crippen LogP contribution is -2.49. The molecule has 3 N–H and O–H groups in total. The highest BCUT2D eigenvalue weighted by molar-refractivity contribution is 5.87. The number of nitrogens with zero attached hydrogens (tertiary/aromatic N) is 4. The fourth-order valence-electron chi connectivity index (χ4n) is 6.69. The highest BCUT2D eigenvalue weighted by Gasteiger charge is 2.28. The zero-order valence-electron chi connectivity index (χ0n) is 27.2. The van der Waals surface area contributed by atoms with Gasteiger partial charge in [-0.15, -0.1) is 0 Å². The predicted octanol–water partition coefficient (Wildman–Crippen LogP) is 6.79. The second kappa shape index (κ2) is 14.4. The second-order valence-electron chi connectivity index (χ2n) is 12.4. The summed E-state index contributed by atoms with van der Waals surface area (Å²) < 4.78 is 64.8. The third-order valence-electron chi connectivity index (χ3n) is 9.20. The van der Waals surface area contributed by atoms with Crippen molar-refractivity contribution in [1.29, 1.82) is 0 Å². The molecule has 2 saturated heterocycles. The average Bonchev–Trinajstić information content (AvgIpc) is 3.67. The molecular formula is C36H39F3N6O4. The van der Waals surface area contributed by atoms with Crippen LogP contribution in [0.25, 0.3) is 16.6 Å². The molecule has 10 nitrogen and oxygen atoms in total. The molecule has 4 heterocycles. The molecule has 3 aromatic carbocycles. The third kappa shape index (κ3) is 7.33. The molecule has 0 bridgehead atoms. The molecule has 0 atom stereocenters. The fraction of sp³-hybridized carbons (Fsp3) is 0.361. The van der Waals surface area contributed by atoms with Crippen molar-refractivity contribution in [1.82, 2.24) is 19.7 Å². The maximum absolute atomic E-state index is 14.0. The van der Waals surface area contributed by atoms with E-state index in [1.54, 1.807) is 47.3 Å². The SMILES string of the molecule is Cc1cc(Oc2ccccc2F)ccc1-n1ncc(COCc2cc3cc(OC(F)F)c(N4CCC(N5CCOCC5)CC4)cc3[nH]2)c1N. The Bertz CT molecular complexity index is 1900. The van der Waals surface area contributed by atoms with Gasteiger partial charge in [-0.1, -0.05) is 12.1 Å². The number of morpholine rings is 1. The van der Waals surface area contributed by atoms with E-state index < -0.39 is 12.4 Å². The van der Waals surface area contributed by atoms with Gasteiger partial charge in [0.1, 0.15) is 17.3 Å². The highest BCUT2D eigenvalue weighted by Crippen LogP contribution is 2.37. The molecular weight excluding hydrogens is 637 g/mol. The summed E-state index contributed by atoms with van der Waals surface area (Å²) in [6.07, 6.45) is 3.56. The number of benzene rings is 3. The van der Waals surface area contributed by atoms with Crippen molar-refractivity contribution in [3.05, 3.63) is 89.5 Å². The Hall–Kier alpha value is -4.72. The van der Waals surface area contributed by atoms with Crippen molar-refractivity contribution in [3.8, 4) is 22.9 Å². The van der Waals surface area contributed by atoms with Gasteiger partial charge < -0.3 is 34.6 Å². The Morgan fingerprint density at radius 2 is 1.76 bits per heavy atom. The second-order valence-corrected chi connectivity index (χ2v) is 12.4. The zero-order valence-corrected chi connectivity index (χ0v) is 27.2. The van der Waals surface area contributed by atoms with E-state index in [4.69, 9.17) is 24.7 Å². The van der Waals surface area contributed by atoms with Gasteiger partial charge in [0.05, 0.1) is 44.0 Å². The molecule has 0 aliphatic carbocycles. The number of rotatable bonds is 11. The van der Waals surface area contributed by atoms with Gasteiger partial charge in [-0.05, 0) is 73.9 Å². The molecule has 0 spiro atoms. The molecule has 0 saturated carbocycles. The lowest BCUT2D eigenvalue weighted by atomic mass is 10.0. The van der Waals surface area contributed by atoms with Crippen molar-refractivity contribution in [2.24, 2.45) is 0 Å². The topological polar surface area (TPSA) is 103 Å². The number of ether oxygens (including phenoxy) is 4. The fourth-order valence-corrected chi connectivity index (χ4v) is 6.69. The van der Waals surface area contributed by atoms with Gasteiger partial charge in [-0.2, -0.15) is 13.9 Å². The summed E-state index contributed by atoms with van der Waals surface area (Å²) in [5.41, 5.74) is 11.0. The summed E-state index contributed by atoms with van der Waals surface area (Å²) >= 11 is 0. The first-order valence-corrected chi connectivity index (χ1v) is 16.4. The summed E-state index contributed by atoms with van der Waals surface area (Å²) in [7, 11) is 0. The molecule has 2 fully saturated rings. The number of fused-ring (bicyclic) bond motifs is 1. The summed E-state index contributed by atoms with van der Waals surface area (Å²) in [5, 5.41) is 5.22. The summed E-state index contributed by atoms with van der Waals surface area (Å²) in [6, 6.07) is 17.5. The molecule has 5 aromatic rings. The Balaban J connectivity index is 1.00. The van der Waals surface area contributed by atoms with Crippen molar-refractivity contribution in [2.75, 3.05) is 50.0 Å². The van der Waals surface area contributed by atoms with E-state index in [2.05, 4.69) is 19.9 Å². The number of aromatic nitrogens is 3. The number of nitrogen functional groups attached to an aromatic ring is 1. The molecule has 0 radical (unpaired) electrons. The number of para-hydroxylation sites is 1. The number of anilines is 2. The largest absolute Gasteiger partial charge is 0.454 e. The number of hydrogen-bond acceptors (Lipinski definition) is 8. The summed E-state index contributed by atoms with van der Waals surface area (Å²) in [4.78, 5) is 7.99. The lowest BCUT2D eigenvalue weighted by Gasteiger charge is -2.41. The van der Waals surface area contributed by atoms with E-state index in [9.17, 15) is 13.2 Å². The summed E-state index contributed by atoms with van der Waals surface area (Å²) in [6.45, 7) is 4.30. The van der Waals surface area contributed by atoms with E-state index in [1.807, 2.05) is 25.1 Å². The van der Waals surface area contributed by atoms with Crippen LogP contribution in [0, 0.1) is 12.7 Å². The number of aryl methyl sites for hydroxylation is 1. The van der Waals surface area contributed by atoms with E-state index in [-0.39, 0.29) is 24.7 Å². The van der Waals surface area contributed by atoms with Crippen LogP contribution in [0.1, 0.15) is 29.7 Å². The minimum atomic E-state index is -2.93. The van der Waals surface area contributed by atoms with Crippen LogP contribution < -0.4 is 20.1 Å². The molecule has 0 unspecified atom stereocenters. The minimum Gasteiger partial charge on any atom is -0.454 e. The van der Waals surface area contributed by atoms with E-state index in [1.165, 1.54) is 6.07 Å². The number of hydrogen-bond donors (Lipinski definition) is 2. The molecule has 258 valence electrons. The van der Waals surface area contributed by atoms with E-state index >= 15 is 0 Å². The number of H-pyrrole nitrogens is 1. The average molecular weight is 677 g/mol. The number of nitrogens with one attached hydrogen (secondary N) is 1. The van der Waals surface area contributed by atoms with E-state index in [0.29, 0.717) is 28.9 Å². The molecule has 2 aliphatic heterocycles. The molecule has 7 rings (SSSR count). The van der Waals surface area contributed by atoms with Gasteiger partial charge in [0.15, 0.2) is 11.6 Å². The smallest absolute Gasteiger partial charge is 0.387 e. The number of nitrogens with two attached hydrogens (primary N) is 1. The number of halogens is 3. The van der Waals surface area contributed by atoms with E-state index in [0.717, 1.165) is 80.1 Å². The van der Waals surface area contributed by atoms with Crippen LogP contribution in [-0.2, 0) is 22.7 Å². The first-order valence-electron chi connectivity index (χ1n) is 16.4. The number of aromatic amines is 1. The minimum absolute atomic E-state index is 0.143. The Morgan fingerprint density at radius 3 is 2.51 bits per heavy atom. The maximum atomic E-state index is 14.0. The standard InChI is InChI=1S/C36H39F3N6O4/c1-23-16-28(48-33-5-3-2-4-29(33)37)6-7-31(23)45-35(40)25(20-41-45)21-47-22-26-17-24-18-34(49-36(38)39)32(19-30(24)42-26)44-10-8-27(9-11-44)43-12-14-46-15-13-43/h2-7,16-20,27,36,42H,8-15,21-22,40H2,1H3. The first-order chi connectivity index (χ1) is 23.8. The van der Waals surface area contributed by atoms with Gasteiger partial charge >= 0.3 is 6.61 Å². The van der Waals surface area contributed by atoms with Gasteiger partial charge in [-0.3, -0.25) is 4.90 Å². The van der Waals surface area contributed by atoms with Crippen molar-refractivity contribution < 1.29 is 32.1 Å². The van der Waals surface area contributed by atoms with Crippen LogP contribution in [0.15, 0.2) is 66.9 Å². The zero-order chi connectivity index (χ0) is 33.9. The van der Waals surface area contributed by atoms with Gasteiger partial charge in [-0.25, -0.2) is 9.07 Å². The highest BCUT2D eigenvalue weighted by atomic mass is 19.3. The van der Waals surface area contributed by atoms with Crippen LogP contribution in [0.4, 0.5) is 24.7 Å². The van der Waals surface area contributed by atoms with Crippen LogP contribution in [0.5, 0.6) is 17.2 Å². The quantitative estimate of drug-likeness (QED) is 0.158. The first kappa shape index (κ1) is 32.8. The van der Waals surface area contributed by atoms with Gasteiger partial charge in [0.2, 0.25) is 0 Å². The molecule has 0 amide bonds. The monoisotopic (exact) mass is 676 g/mol. The Morgan fingerprint density at radius 1 is 0.959 bits per heavy atom. The van der Waals surface area contributed by atoms with Crippen LogP contribution in [0.2, 0.25) is 0 Å². The van der Waals surface area contributed by atoms with Crippen molar-refractivity contribution >= 4 is 22.4 Å². The Kier molecular flexibility index (Phi) is 9.65. The number of alkyl halides is 2. The van der Waals surface area contributed by atoms with Gasteiger partial charge in [0, 0.05) is 54.4 Å². The van der Waals surface area contributed by atoms with Crippen molar-refractivity contribution in [3.63, 3.8) is 0 Å². The normalized spacial score (nSPS) is 16.1. The Labute approximate surface area is 282 Å². The van der Waals surface area contributed by atoms with Gasteiger partial charge in [0.25, 0.3) is 0 Å². The maximum Gasteiger partial charge on any atom is 0.387 e. The van der Waals surface area contributed by atoms with Crippen LogP contribution in [-0.4, -0.2) is 71.7 Å². The number of piperidine rings is 1.